The quantitative estimate of drug-likeness (QED) is 0.804. The molecule has 88 valence electrons. The van der Waals surface area contributed by atoms with Crippen molar-refractivity contribution in [1.82, 2.24) is 5.32 Å². The maximum absolute atomic E-state index is 13.0. The van der Waals surface area contributed by atoms with Crippen molar-refractivity contribution in [2.24, 2.45) is 5.41 Å². The van der Waals surface area contributed by atoms with Crippen LogP contribution in [0.15, 0.2) is 18.2 Å². The number of nitrogens with one attached hydrogen (secondary N) is 1. The fourth-order valence-corrected chi connectivity index (χ4v) is 2.04. The highest BCUT2D eigenvalue weighted by Gasteiger charge is 2.39. The number of benzene rings is 1. The molecule has 0 radical (unpaired) electrons. The molecule has 0 aliphatic heterocycles. The summed E-state index contributed by atoms with van der Waals surface area (Å²) in [5.41, 5.74) is 1.29. The zero-order valence-corrected chi connectivity index (χ0v) is 9.59. The number of hydrogen-bond acceptors (Lipinski definition) is 2. The van der Waals surface area contributed by atoms with Gasteiger partial charge in [0, 0.05) is 19.2 Å². The topological polar surface area (TPSA) is 32.3 Å². The third-order valence-electron chi connectivity index (χ3n) is 3.48. The minimum absolute atomic E-state index is 0.00609. The second-order valence-electron chi connectivity index (χ2n) is 4.77. The van der Waals surface area contributed by atoms with Gasteiger partial charge in [-0.3, -0.25) is 0 Å². The molecule has 0 heterocycles. The average Bonchev–Trinajstić information content (AvgIpc) is 2.97. The second-order valence-corrected chi connectivity index (χ2v) is 4.77. The molecule has 2 rings (SSSR count). The first kappa shape index (κ1) is 11.4. The zero-order valence-electron chi connectivity index (χ0n) is 9.59. The molecular formula is C13H18FNO. The van der Waals surface area contributed by atoms with E-state index in [1.165, 1.54) is 25.3 Å². The van der Waals surface area contributed by atoms with E-state index in [4.69, 9.17) is 0 Å². The number of halogens is 1. The van der Waals surface area contributed by atoms with Crippen molar-refractivity contribution in [2.75, 3.05) is 6.54 Å². The minimum atomic E-state index is -0.381. The Morgan fingerprint density at radius 3 is 2.69 bits per heavy atom. The molecule has 1 aromatic rings. The lowest BCUT2D eigenvalue weighted by Crippen LogP contribution is -2.23. The Kier molecular flexibility index (Phi) is 3.15. The fourth-order valence-electron chi connectivity index (χ4n) is 2.04. The summed E-state index contributed by atoms with van der Waals surface area (Å²) in [6, 6.07) is 4.18. The van der Waals surface area contributed by atoms with Gasteiger partial charge in [0.15, 0.2) is 0 Å². The Morgan fingerprint density at radius 1 is 1.38 bits per heavy atom. The van der Waals surface area contributed by atoms with Crippen LogP contribution < -0.4 is 5.32 Å². The number of phenols is 1. The Hall–Kier alpha value is -1.09. The minimum Gasteiger partial charge on any atom is -0.508 e. The molecule has 0 amide bonds. The molecule has 0 bridgehead atoms. The van der Waals surface area contributed by atoms with Crippen LogP contribution in [-0.2, 0) is 6.54 Å². The van der Waals surface area contributed by atoms with E-state index in [2.05, 4.69) is 12.2 Å². The van der Waals surface area contributed by atoms with Gasteiger partial charge in [0.05, 0.1) is 0 Å². The number of rotatable bonds is 5. The molecule has 3 heteroatoms. The molecule has 0 spiro atoms. The Labute approximate surface area is 95.5 Å². The Morgan fingerprint density at radius 2 is 2.12 bits per heavy atom. The monoisotopic (exact) mass is 223 g/mol. The van der Waals surface area contributed by atoms with E-state index in [1.807, 2.05) is 0 Å². The van der Waals surface area contributed by atoms with Crippen LogP contribution in [0.25, 0.3) is 0 Å². The molecule has 1 aliphatic rings. The summed E-state index contributed by atoms with van der Waals surface area (Å²) in [5.74, 6) is -0.387. The molecule has 0 atom stereocenters. The second kappa shape index (κ2) is 4.42. The average molecular weight is 223 g/mol. The third kappa shape index (κ3) is 2.73. The first-order chi connectivity index (χ1) is 7.63. The van der Waals surface area contributed by atoms with E-state index >= 15 is 0 Å². The molecule has 16 heavy (non-hydrogen) atoms. The summed E-state index contributed by atoms with van der Waals surface area (Å²) in [5, 5.41) is 12.6. The highest BCUT2D eigenvalue weighted by molar-refractivity contribution is 5.28. The van der Waals surface area contributed by atoms with Gasteiger partial charge < -0.3 is 10.4 Å². The predicted molar refractivity (Wildman–Crippen MR) is 61.7 cm³/mol. The molecule has 0 aromatic heterocycles. The van der Waals surface area contributed by atoms with Crippen LogP contribution in [0.3, 0.4) is 0 Å². The van der Waals surface area contributed by atoms with Gasteiger partial charge in [0.25, 0.3) is 0 Å². The number of phenolic OH excluding ortho intramolecular Hbond substituents is 1. The van der Waals surface area contributed by atoms with Crippen molar-refractivity contribution < 1.29 is 9.50 Å². The lowest BCUT2D eigenvalue weighted by molar-refractivity contribution is 0.441. The highest BCUT2D eigenvalue weighted by atomic mass is 19.1. The van der Waals surface area contributed by atoms with Gasteiger partial charge in [-0.1, -0.05) is 6.92 Å². The lowest BCUT2D eigenvalue weighted by atomic mass is 10.0. The summed E-state index contributed by atoms with van der Waals surface area (Å²) >= 11 is 0. The molecule has 2 nitrogen and oxygen atoms in total. The SMILES string of the molecule is CCC1(CNCc2cc(O)cc(F)c2)CC1. The van der Waals surface area contributed by atoms with Crippen molar-refractivity contribution in [3.63, 3.8) is 0 Å². The molecule has 0 unspecified atom stereocenters. The number of aromatic hydroxyl groups is 1. The van der Waals surface area contributed by atoms with E-state index in [0.717, 1.165) is 18.2 Å². The van der Waals surface area contributed by atoms with Crippen molar-refractivity contribution >= 4 is 0 Å². The standard InChI is InChI=1S/C13H18FNO/c1-2-13(3-4-13)9-15-8-10-5-11(14)7-12(16)6-10/h5-7,15-16H,2-4,8-9H2,1H3. The Balaban J connectivity index is 1.85. The molecule has 1 aliphatic carbocycles. The molecule has 1 aromatic carbocycles. The summed E-state index contributed by atoms with van der Waals surface area (Å²) in [6.45, 7) is 3.82. The van der Waals surface area contributed by atoms with Gasteiger partial charge in [0.1, 0.15) is 11.6 Å². The first-order valence-electron chi connectivity index (χ1n) is 5.83. The van der Waals surface area contributed by atoms with Gasteiger partial charge >= 0.3 is 0 Å². The van der Waals surface area contributed by atoms with Crippen molar-refractivity contribution in [2.45, 2.75) is 32.7 Å². The molecule has 1 fully saturated rings. The van der Waals surface area contributed by atoms with Crippen LogP contribution in [0.4, 0.5) is 4.39 Å². The van der Waals surface area contributed by atoms with E-state index in [1.54, 1.807) is 6.07 Å². The van der Waals surface area contributed by atoms with Gasteiger partial charge in [-0.15, -0.1) is 0 Å². The van der Waals surface area contributed by atoms with Crippen LogP contribution in [0.5, 0.6) is 5.75 Å². The zero-order chi connectivity index (χ0) is 11.6. The van der Waals surface area contributed by atoms with Crippen LogP contribution >= 0.6 is 0 Å². The van der Waals surface area contributed by atoms with Gasteiger partial charge in [-0.25, -0.2) is 4.39 Å². The molecular weight excluding hydrogens is 205 g/mol. The maximum Gasteiger partial charge on any atom is 0.127 e. The first-order valence-corrected chi connectivity index (χ1v) is 5.83. The van der Waals surface area contributed by atoms with Gasteiger partial charge in [-0.05, 0) is 42.4 Å². The van der Waals surface area contributed by atoms with E-state index in [0.29, 0.717) is 12.0 Å². The maximum atomic E-state index is 13.0. The van der Waals surface area contributed by atoms with E-state index in [-0.39, 0.29) is 11.6 Å². The van der Waals surface area contributed by atoms with E-state index < -0.39 is 0 Å². The largest absolute Gasteiger partial charge is 0.508 e. The van der Waals surface area contributed by atoms with Crippen LogP contribution in [0.1, 0.15) is 31.7 Å². The van der Waals surface area contributed by atoms with Gasteiger partial charge in [0.2, 0.25) is 0 Å². The van der Waals surface area contributed by atoms with Crippen LogP contribution in [-0.4, -0.2) is 11.7 Å². The van der Waals surface area contributed by atoms with Crippen LogP contribution in [0.2, 0.25) is 0 Å². The summed E-state index contributed by atoms with van der Waals surface area (Å²) in [6.07, 6.45) is 3.80. The summed E-state index contributed by atoms with van der Waals surface area (Å²) in [4.78, 5) is 0. The normalized spacial score (nSPS) is 17.4. The predicted octanol–water partition coefficient (Wildman–Crippen LogP) is 2.81. The van der Waals surface area contributed by atoms with Crippen LogP contribution in [0, 0.1) is 11.2 Å². The third-order valence-corrected chi connectivity index (χ3v) is 3.48. The van der Waals surface area contributed by atoms with E-state index in [9.17, 15) is 9.50 Å². The summed E-state index contributed by atoms with van der Waals surface area (Å²) < 4.78 is 13.0. The molecule has 1 saturated carbocycles. The smallest absolute Gasteiger partial charge is 0.127 e. The fraction of sp³-hybridized carbons (Fsp3) is 0.538. The van der Waals surface area contributed by atoms with Crippen molar-refractivity contribution in [3.8, 4) is 5.75 Å². The number of hydrogen-bond donors (Lipinski definition) is 2. The Bertz CT molecular complexity index is 354. The highest BCUT2D eigenvalue weighted by Crippen LogP contribution is 2.47. The van der Waals surface area contributed by atoms with Crippen molar-refractivity contribution in [3.05, 3.63) is 29.6 Å². The summed E-state index contributed by atoms with van der Waals surface area (Å²) in [7, 11) is 0. The van der Waals surface area contributed by atoms with Crippen molar-refractivity contribution in [1.29, 1.82) is 0 Å². The molecule has 0 saturated heterocycles. The van der Waals surface area contributed by atoms with Gasteiger partial charge in [-0.2, -0.15) is 0 Å². The molecule has 2 N–H and O–H groups in total. The lowest BCUT2D eigenvalue weighted by Gasteiger charge is -2.13.